The Hall–Kier alpha value is -0.0800. The molecule has 0 aromatic heterocycles. The quantitative estimate of drug-likeness (QED) is 0.818. The summed E-state index contributed by atoms with van der Waals surface area (Å²) < 4.78 is 0. The maximum Gasteiger partial charge on any atom is 0.0304 e. The zero-order valence-corrected chi connectivity index (χ0v) is 13.0. The molecule has 0 bridgehead atoms. The van der Waals surface area contributed by atoms with Gasteiger partial charge in [-0.1, -0.05) is 26.7 Å². The molecule has 0 aromatic rings. The van der Waals surface area contributed by atoms with E-state index in [4.69, 9.17) is 0 Å². The van der Waals surface area contributed by atoms with Crippen LogP contribution in [-0.2, 0) is 0 Å². The molecule has 3 fully saturated rings. The van der Waals surface area contributed by atoms with E-state index in [1.54, 1.807) is 0 Å². The lowest BCUT2D eigenvalue weighted by molar-refractivity contribution is 0.0497. The van der Waals surface area contributed by atoms with Gasteiger partial charge in [-0.3, -0.25) is 4.90 Å². The van der Waals surface area contributed by atoms with Gasteiger partial charge in [0.25, 0.3) is 0 Å². The van der Waals surface area contributed by atoms with E-state index in [0.717, 1.165) is 17.9 Å². The van der Waals surface area contributed by atoms with E-state index >= 15 is 0 Å². The minimum absolute atomic E-state index is 0.407. The normalized spacial score (nSPS) is 32.8. The Morgan fingerprint density at radius 3 is 2.32 bits per heavy atom. The molecule has 3 rings (SSSR count). The van der Waals surface area contributed by atoms with Crippen molar-refractivity contribution in [1.29, 1.82) is 0 Å². The molecule has 1 aliphatic heterocycles. The first kappa shape index (κ1) is 13.9. The van der Waals surface area contributed by atoms with Gasteiger partial charge in [0.2, 0.25) is 0 Å². The standard InChI is InChI=1S/C17H32N2/c1-3-17(4-2)13-19(12-14-7-5-6-8-14)16(11-18-17)15-9-10-15/h14-16,18H,3-13H2,1-2H3. The van der Waals surface area contributed by atoms with Crippen molar-refractivity contribution >= 4 is 0 Å². The number of rotatable bonds is 5. The average molecular weight is 264 g/mol. The average Bonchev–Trinajstić information content (AvgIpc) is 3.16. The van der Waals surface area contributed by atoms with Gasteiger partial charge in [-0.25, -0.2) is 0 Å². The highest BCUT2D eigenvalue weighted by molar-refractivity contribution is 5.01. The highest BCUT2D eigenvalue weighted by atomic mass is 15.3. The maximum atomic E-state index is 3.92. The van der Waals surface area contributed by atoms with Crippen LogP contribution in [0.2, 0.25) is 0 Å². The second kappa shape index (κ2) is 5.73. The van der Waals surface area contributed by atoms with Crippen LogP contribution in [0.25, 0.3) is 0 Å². The van der Waals surface area contributed by atoms with E-state index in [0.29, 0.717) is 5.54 Å². The Kier molecular flexibility index (Phi) is 4.19. The minimum atomic E-state index is 0.407. The molecule has 1 heterocycles. The van der Waals surface area contributed by atoms with E-state index < -0.39 is 0 Å². The molecule has 2 saturated carbocycles. The number of hydrogen-bond acceptors (Lipinski definition) is 2. The molecule has 1 atom stereocenters. The van der Waals surface area contributed by atoms with Crippen molar-refractivity contribution in [2.75, 3.05) is 19.6 Å². The van der Waals surface area contributed by atoms with Crippen LogP contribution in [0, 0.1) is 11.8 Å². The summed E-state index contributed by atoms with van der Waals surface area (Å²) in [4.78, 5) is 2.90. The van der Waals surface area contributed by atoms with E-state index in [1.165, 1.54) is 71.0 Å². The first-order chi connectivity index (χ1) is 9.26. The van der Waals surface area contributed by atoms with Crippen molar-refractivity contribution in [2.45, 2.75) is 76.8 Å². The summed E-state index contributed by atoms with van der Waals surface area (Å²) in [6, 6.07) is 0.854. The molecule has 0 spiro atoms. The fourth-order valence-corrected chi connectivity index (χ4v) is 4.41. The number of piperazine rings is 1. The highest BCUT2D eigenvalue weighted by Gasteiger charge is 2.43. The fraction of sp³-hybridized carbons (Fsp3) is 1.00. The van der Waals surface area contributed by atoms with Crippen LogP contribution in [0.1, 0.15) is 65.2 Å². The molecule has 0 radical (unpaired) electrons. The van der Waals surface area contributed by atoms with Gasteiger partial charge < -0.3 is 5.32 Å². The summed E-state index contributed by atoms with van der Waals surface area (Å²) in [7, 11) is 0. The van der Waals surface area contributed by atoms with Crippen molar-refractivity contribution in [1.82, 2.24) is 10.2 Å². The molecule has 2 nitrogen and oxygen atoms in total. The smallest absolute Gasteiger partial charge is 0.0304 e. The predicted molar refractivity (Wildman–Crippen MR) is 81.4 cm³/mol. The van der Waals surface area contributed by atoms with Crippen LogP contribution in [-0.4, -0.2) is 36.1 Å². The molecule has 2 heteroatoms. The molecular weight excluding hydrogens is 232 g/mol. The third-order valence-corrected chi connectivity index (χ3v) is 6.15. The topological polar surface area (TPSA) is 15.3 Å². The Labute approximate surface area is 119 Å². The van der Waals surface area contributed by atoms with E-state index in [1.807, 2.05) is 0 Å². The molecular formula is C17H32N2. The van der Waals surface area contributed by atoms with E-state index in [2.05, 4.69) is 24.1 Å². The Morgan fingerprint density at radius 1 is 1.05 bits per heavy atom. The first-order valence-electron chi connectivity index (χ1n) is 8.75. The largest absolute Gasteiger partial charge is 0.308 e. The Bertz CT molecular complexity index is 288. The van der Waals surface area contributed by atoms with Crippen LogP contribution in [0.15, 0.2) is 0 Å². The minimum Gasteiger partial charge on any atom is -0.308 e. The summed E-state index contributed by atoms with van der Waals surface area (Å²) in [6.07, 6.45) is 11.5. The molecule has 0 amide bonds. The molecule has 3 aliphatic rings. The first-order valence-corrected chi connectivity index (χ1v) is 8.75. The molecule has 19 heavy (non-hydrogen) atoms. The van der Waals surface area contributed by atoms with Gasteiger partial charge in [-0.2, -0.15) is 0 Å². The maximum absolute atomic E-state index is 3.92. The van der Waals surface area contributed by atoms with Gasteiger partial charge >= 0.3 is 0 Å². The summed E-state index contributed by atoms with van der Waals surface area (Å²) in [5, 5.41) is 3.92. The molecule has 1 unspecified atom stereocenters. The van der Waals surface area contributed by atoms with Crippen LogP contribution in [0.4, 0.5) is 0 Å². The zero-order valence-electron chi connectivity index (χ0n) is 13.0. The SMILES string of the molecule is CCC1(CC)CN(CC2CCCC2)C(C2CC2)CN1. The molecule has 0 aromatic carbocycles. The highest BCUT2D eigenvalue weighted by Crippen LogP contribution is 2.39. The zero-order chi connectivity index (χ0) is 13.3. The van der Waals surface area contributed by atoms with Gasteiger partial charge in [0.1, 0.15) is 0 Å². The summed E-state index contributed by atoms with van der Waals surface area (Å²) in [5.41, 5.74) is 0.407. The van der Waals surface area contributed by atoms with Crippen LogP contribution < -0.4 is 5.32 Å². The van der Waals surface area contributed by atoms with Crippen LogP contribution >= 0.6 is 0 Å². The lowest BCUT2D eigenvalue weighted by Crippen LogP contribution is -2.64. The van der Waals surface area contributed by atoms with Gasteiger partial charge in [-0.15, -0.1) is 0 Å². The van der Waals surface area contributed by atoms with Crippen molar-refractivity contribution in [3.8, 4) is 0 Å². The lowest BCUT2D eigenvalue weighted by Gasteiger charge is -2.48. The summed E-state index contributed by atoms with van der Waals surface area (Å²) in [6.45, 7) is 8.67. The monoisotopic (exact) mass is 264 g/mol. The van der Waals surface area contributed by atoms with Gasteiger partial charge in [0, 0.05) is 31.2 Å². The Morgan fingerprint density at radius 2 is 1.74 bits per heavy atom. The number of hydrogen-bond donors (Lipinski definition) is 1. The lowest BCUT2D eigenvalue weighted by atomic mass is 9.87. The van der Waals surface area contributed by atoms with Crippen LogP contribution in [0.3, 0.4) is 0 Å². The Balaban J connectivity index is 1.66. The van der Waals surface area contributed by atoms with Crippen molar-refractivity contribution in [3.63, 3.8) is 0 Å². The summed E-state index contributed by atoms with van der Waals surface area (Å²) in [5.74, 6) is 2.02. The summed E-state index contributed by atoms with van der Waals surface area (Å²) >= 11 is 0. The molecule has 110 valence electrons. The third-order valence-electron chi connectivity index (χ3n) is 6.15. The fourth-order valence-electron chi connectivity index (χ4n) is 4.41. The third kappa shape index (κ3) is 3.00. The second-order valence-corrected chi connectivity index (χ2v) is 7.35. The van der Waals surface area contributed by atoms with Gasteiger partial charge in [0.05, 0.1) is 0 Å². The van der Waals surface area contributed by atoms with Crippen molar-refractivity contribution in [3.05, 3.63) is 0 Å². The molecule has 2 aliphatic carbocycles. The van der Waals surface area contributed by atoms with Gasteiger partial charge in [-0.05, 0) is 50.4 Å². The molecule has 1 N–H and O–H groups in total. The number of nitrogens with one attached hydrogen (secondary N) is 1. The second-order valence-electron chi connectivity index (χ2n) is 7.35. The van der Waals surface area contributed by atoms with Crippen molar-refractivity contribution in [2.24, 2.45) is 11.8 Å². The molecule has 1 saturated heterocycles. The van der Waals surface area contributed by atoms with E-state index in [-0.39, 0.29) is 0 Å². The van der Waals surface area contributed by atoms with E-state index in [9.17, 15) is 0 Å². The van der Waals surface area contributed by atoms with Crippen molar-refractivity contribution < 1.29 is 0 Å². The predicted octanol–water partition coefficient (Wildman–Crippen LogP) is 3.42. The van der Waals surface area contributed by atoms with Gasteiger partial charge in [0.15, 0.2) is 0 Å². The van der Waals surface area contributed by atoms with Crippen LogP contribution in [0.5, 0.6) is 0 Å². The number of nitrogens with zero attached hydrogens (tertiary/aromatic N) is 1.